The highest BCUT2D eigenvalue weighted by Crippen LogP contribution is 2.28. The minimum atomic E-state index is -0.942. The minimum Gasteiger partial charge on any atom is -0.508 e. The van der Waals surface area contributed by atoms with Crippen LogP contribution >= 0.6 is 0 Å². The number of phenols is 1. The number of hydrogen-bond donors (Lipinski definition) is 3. The number of carbonyl (C=O) groups is 3. The van der Waals surface area contributed by atoms with Crippen LogP contribution in [0.15, 0.2) is 18.2 Å². The standard InChI is InChI=1S/C25H41N3O5/c1-11-28(22(31)19(15(2)3)26-23(32)33-25(8,9)10)20(21(30)27-24(5,6)7)17-12-13-18(29)16(4)14-17/h12-15,19-20,29H,11H2,1-10H3,(H,26,32)(H,27,30). The lowest BCUT2D eigenvalue weighted by Gasteiger charge is -2.36. The smallest absolute Gasteiger partial charge is 0.408 e. The van der Waals surface area contributed by atoms with E-state index in [0.717, 1.165) is 0 Å². The molecule has 2 atom stereocenters. The maximum absolute atomic E-state index is 13.7. The first-order valence-electron chi connectivity index (χ1n) is 11.4. The Morgan fingerprint density at radius 2 is 1.67 bits per heavy atom. The van der Waals surface area contributed by atoms with Gasteiger partial charge in [-0.2, -0.15) is 0 Å². The molecule has 1 aromatic rings. The van der Waals surface area contributed by atoms with Crippen molar-refractivity contribution in [3.63, 3.8) is 0 Å². The Hall–Kier alpha value is -2.77. The maximum Gasteiger partial charge on any atom is 0.408 e. The van der Waals surface area contributed by atoms with E-state index in [2.05, 4.69) is 10.6 Å². The zero-order chi connectivity index (χ0) is 25.7. The Balaban J connectivity index is 3.42. The molecule has 8 nitrogen and oxygen atoms in total. The van der Waals surface area contributed by atoms with E-state index in [4.69, 9.17) is 4.74 Å². The number of ether oxygens (including phenoxy) is 1. The molecule has 8 heteroatoms. The largest absolute Gasteiger partial charge is 0.508 e. The number of nitrogens with one attached hydrogen (secondary N) is 2. The fourth-order valence-corrected chi connectivity index (χ4v) is 3.35. The Labute approximate surface area is 198 Å². The van der Waals surface area contributed by atoms with Gasteiger partial charge in [0, 0.05) is 12.1 Å². The summed E-state index contributed by atoms with van der Waals surface area (Å²) in [6.07, 6.45) is -0.693. The van der Waals surface area contributed by atoms with E-state index in [1.807, 2.05) is 34.6 Å². The number of rotatable bonds is 7. The van der Waals surface area contributed by atoms with E-state index in [-0.39, 0.29) is 24.1 Å². The van der Waals surface area contributed by atoms with Crippen LogP contribution < -0.4 is 10.6 Å². The molecule has 0 fully saturated rings. The van der Waals surface area contributed by atoms with Gasteiger partial charge in [0.05, 0.1) is 0 Å². The number of benzene rings is 1. The molecule has 0 saturated carbocycles. The molecule has 186 valence electrons. The van der Waals surface area contributed by atoms with Gasteiger partial charge in [-0.05, 0) is 84.6 Å². The first-order chi connectivity index (χ1) is 15.0. The number of nitrogens with zero attached hydrogens (tertiary/aromatic N) is 1. The van der Waals surface area contributed by atoms with Crippen LogP contribution in [0.4, 0.5) is 4.79 Å². The topological polar surface area (TPSA) is 108 Å². The number of amides is 3. The van der Waals surface area contributed by atoms with Crippen molar-refractivity contribution in [2.24, 2.45) is 5.92 Å². The molecule has 2 unspecified atom stereocenters. The summed E-state index contributed by atoms with van der Waals surface area (Å²) in [5.74, 6) is -0.873. The number of carbonyl (C=O) groups excluding carboxylic acids is 3. The van der Waals surface area contributed by atoms with E-state index < -0.39 is 35.2 Å². The van der Waals surface area contributed by atoms with E-state index >= 15 is 0 Å². The molecule has 33 heavy (non-hydrogen) atoms. The molecule has 0 aliphatic rings. The Morgan fingerprint density at radius 1 is 1.09 bits per heavy atom. The summed E-state index contributed by atoms with van der Waals surface area (Å²) in [6.45, 7) is 18.2. The van der Waals surface area contributed by atoms with Crippen LogP contribution in [0, 0.1) is 12.8 Å². The molecule has 0 aliphatic carbocycles. The van der Waals surface area contributed by atoms with E-state index in [9.17, 15) is 19.5 Å². The molecule has 0 aromatic heterocycles. The lowest BCUT2D eigenvalue weighted by Crippen LogP contribution is -2.56. The first-order valence-corrected chi connectivity index (χ1v) is 11.4. The van der Waals surface area contributed by atoms with Crippen molar-refractivity contribution in [2.75, 3.05) is 6.54 Å². The van der Waals surface area contributed by atoms with E-state index in [1.165, 1.54) is 11.0 Å². The number of aryl methyl sites for hydroxylation is 1. The van der Waals surface area contributed by atoms with Crippen LogP contribution in [-0.4, -0.2) is 51.6 Å². The third kappa shape index (κ3) is 8.59. The molecular weight excluding hydrogens is 422 g/mol. The third-order valence-electron chi connectivity index (χ3n) is 4.82. The molecule has 0 saturated heterocycles. The van der Waals surface area contributed by atoms with Crippen LogP contribution in [-0.2, 0) is 14.3 Å². The van der Waals surface area contributed by atoms with Gasteiger partial charge in [0.2, 0.25) is 11.8 Å². The average molecular weight is 464 g/mol. The van der Waals surface area contributed by atoms with E-state index in [0.29, 0.717) is 11.1 Å². The molecule has 0 bridgehead atoms. The summed E-state index contributed by atoms with van der Waals surface area (Å²) in [6, 6.07) is 3.02. The zero-order valence-electron chi connectivity index (χ0n) is 21.7. The van der Waals surface area contributed by atoms with Crippen molar-refractivity contribution in [1.82, 2.24) is 15.5 Å². The molecule has 1 rings (SSSR count). The number of aromatic hydroxyl groups is 1. The van der Waals surface area contributed by atoms with Gasteiger partial charge in [-0.3, -0.25) is 9.59 Å². The summed E-state index contributed by atoms with van der Waals surface area (Å²) in [7, 11) is 0. The number of alkyl carbamates (subject to hydrolysis) is 1. The van der Waals surface area contributed by atoms with Gasteiger partial charge in [-0.15, -0.1) is 0 Å². The van der Waals surface area contributed by atoms with Gasteiger partial charge >= 0.3 is 6.09 Å². The highest BCUT2D eigenvalue weighted by atomic mass is 16.6. The van der Waals surface area contributed by atoms with Gasteiger partial charge in [0.15, 0.2) is 0 Å². The second-order valence-electron chi connectivity index (χ2n) is 10.7. The second-order valence-corrected chi connectivity index (χ2v) is 10.7. The van der Waals surface area contributed by atoms with Gasteiger partial charge in [-0.1, -0.05) is 19.9 Å². The summed E-state index contributed by atoms with van der Waals surface area (Å²) in [5, 5.41) is 15.6. The van der Waals surface area contributed by atoms with Crippen molar-refractivity contribution in [1.29, 1.82) is 0 Å². The Bertz CT molecular complexity index is 853. The highest BCUT2D eigenvalue weighted by molar-refractivity contribution is 5.92. The lowest BCUT2D eigenvalue weighted by atomic mass is 9.97. The summed E-state index contributed by atoms with van der Waals surface area (Å²) in [4.78, 5) is 40.9. The van der Waals surface area contributed by atoms with Crippen molar-refractivity contribution in [2.45, 2.75) is 92.5 Å². The van der Waals surface area contributed by atoms with Crippen LogP contribution in [0.3, 0.4) is 0 Å². The van der Waals surface area contributed by atoms with Gasteiger partial charge in [-0.25, -0.2) is 4.79 Å². The minimum absolute atomic E-state index is 0.106. The quantitative estimate of drug-likeness (QED) is 0.565. The Morgan fingerprint density at radius 3 is 2.09 bits per heavy atom. The monoisotopic (exact) mass is 463 g/mol. The normalized spacial score (nSPS) is 13.8. The predicted octanol–water partition coefficient (Wildman–Crippen LogP) is 4.05. The number of phenolic OH excluding ortho intramolecular Hbond substituents is 1. The molecule has 0 heterocycles. The second kappa shape index (κ2) is 10.9. The molecule has 0 spiro atoms. The fourth-order valence-electron chi connectivity index (χ4n) is 3.35. The molecule has 3 amide bonds. The predicted molar refractivity (Wildman–Crippen MR) is 129 cm³/mol. The van der Waals surface area contributed by atoms with E-state index in [1.54, 1.807) is 46.8 Å². The van der Waals surface area contributed by atoms with Gasteiger partial charge < -0.3 is 25.4 Å². The summed E-state index contributed by atoms with van der Waals surface area (Å²) >= 11 is 0. The van der Waals surface area contributed by atoms with Gasteiger partial charge in [0.25, 0.3) is 0 Å². The Kier molecular flexibility index (Phi) is 9.33. The molecular formula is C25H41N3O5. The van der Waals surface area contributed by atoms with Gasteiger partial charge in [0.1, 0.15) is 23.4 Å². The van der Waals surface area contributed by atoms with Crippen LogP contribution in [0.2, 0.25) is 0 Å². The average Bonchev–Trinajstić information content (AvgIpc) is 2.62. The first kappa shape index (κ1) is 28.3. The SMILES string of the molecule is CCN(C(=O)C(NC(=O)OC(C)(C)C)C(C)C)C(C(=O)NC(C)(C)C)c1ccc(O)c(C)c1. The van der Waals surface area contributed by atoms with Crippen LogP contribution in [0.5, 0.6) is 5.75 Å². The van der Waals surface area contributed by atoms with Crippen molar-refractivity contribution >= 4 is 17.9 Å². The number of likely N-dealkylation sites (N-methyl/N-ethyl adjacent to an activating group) is 1. The van der Waals surface area contributed by atoms with Crippen molar-refractivity contribution in [3.8, 4) is 5.75 Å². The molecule has 0 aliphatic heterocycles. The van der Waals surface area contributed by atoms with Crippen molar-refractivity contribution in [3.05, 3.63) is 29.3 Å². The summed E-state index contributed by atoms with van der Waals surface area (Å²) in [5.41, 5.74) is -0.0628. The lowest BCUT2D eigenvalue weighted by molar-refractivity contribution is -0.143. The number of hydrogen-bond acceptors (Lipinski definition) is 5. The van der Waals surface area contributed by atoms with Crippen LogP contribution in [0.25, 0.3) is 0 Å². The fraction of sp³-hybridized carbons (Fsp3) is 0.640. The van der Waals surface area contributed by atoms with Crippen molar-refractivity contribution < 1.29 is 24.2 Å². The molecule has 3 N–H and O–H groups in total. The highest BCUT2D eigenvalue weighted by Gasteiger charge is 2.37. The van der Waals surface area contributed by atoms with Crippen LogP contribution in [0.1, 0.15) is 79.5 Å². The summed E-state index contributed by atoms with van der Waals surface area (Å²) < 4.78 is 5.34. The third-order valence-corrected chi connectivity index (χ3v) is 4.82. The zero-order valence-corrected chi connectivity index (χ0v) is 21.7. The molecule has 0 radical (unpaired) electrons. The molecule has 1 aromatic carbocycles. The maximum atomic E-state index is 13.7.